The smallest absolute Gasteiger partial charge is 0.269 e. The summed E-state index contributed by atoms with van der Waals surface area (Å²) in [5.74, 6) is 0. The average molecular weight is 140 g/mol. The van der Waals surface area contributed by atoms with Crippen molar-refractivity contribution >= 4 is 0 Å². The summed E-state index contributed by atoms with van der Waals surface area (Å²) in [4.78, 5) is 10.7. The molecule has 0 saturated carbocycles. The summed E-state index contributed by atoms with van der Waals surface area (Å²) in [7, 11) is 0. The number of hydrogen-bond acceptors (Lipinski definition) is 3. The third-order valence-electron chi connectivity index (χ3n) is 1.18. The van der Waals surface area contributed by atoms with Crippen LogP contribution in [0.4, 0.5) is 0 Å². The van der Waals surface area contributed by atoms with Crippen LogP contribution in [0.25, 0.3) is 0 Å². The number of nitrogens with one attached hydrogen (secondary N) is 1. The van der Waals surface area contributed by atoms with Gasteiger partial charge in [0.05, 0.1) is 12.3 Å². The van der Waals surface area contributed by atoms with E-state index in [1.807, 2.05) is 0 Å². The zero-order chi connectivity index (χ0) is 7.56. The van der Waals surface area contributed by atoms with Crippen molar-refractivity contribution in [2.75, 3.05) is 0 Å². The van der Waals surface area contributed by atoms with E-state index in [9.17, 15) is 4.79 Å². The molecule has 0 bridgehead atoms. The lowest BCUT2D eigenvalue weighted by Gasteiger charge is -1.93. The lowest BCUT2D eigenvalue weighted by Crippen LogP contribution is -2.14. The van der Waals surface area contributed by atoms with Crippen LogP contribution in [-0.2, 0) is 6.61 Å². The number of aryl methyl sites for hydroxylation is 1. The fourth-order valence-electron chi connectivity index (χ4n) is 0.678. The number of aliphatic hydroxyl groups is 1. The van der Waals surface area contributed by atoms with E-state index in [-0.39, 0.29) is 12.2 Å². The maximum Gasteiger partial charge on any atom is 0.269 e. The Morgan fingerprint density at radius 1 is 1.80 bits per heavy atom. The Labute approximate surface area is 57.5 Å². The standard InChI is InChI=1S/C6H8N2O2/c1-4-2-5(3-9)6(10)8-7-4/h2,9H,3H2,1H3,(H,8,10). The molecule has 1 aromatic heterocycles. The van der Waals surface area contributed by atoms with Crippen LogP contribution in [0.2, 0.25) is 0 Å². The molecule has 1 heterocycles. The molecule has 0 unspecified atom stereocenters. The van der Waals surface area contributed by atoms with E-state index < -0.39 is 0 Å². The molecule has 4 heteroatoms. The molecular weight excluding hydrogens is 132 g/mol. The topological polar surface area (TPSA) is 66.0 Å². The molecule has 0 aliphatic carbocycles. The molecule has 10 heavy (non-hydrogen) atoms. The first-order chi connectivity index (χ1) is 4.74. The average Bonchev–Trinajstić information content (AvgIpc) is 1.94. The molecule has 4 nitrogen and oxygen atoms in total. The van der Waals surface area contributed by atoms with Gasteiger partial charge in [0.1, 0.15) is 0 Å². The molecule has 0 saturated heterocycles. The second-order valence-electron chi connectivity index (χ2n) is 2.02. The second-order valence-corrected chi connectivity index (χ2v) is 2.02. The lowest BCUT2D eigenvalue weighted by atomic mass is 10.3. The van der Waals surface area contributed by atoms with Crippen LogP contribution in [0, 0.1) is 6.92 Å². The molecular formula is C6H8N2O2. The first-order valence-corrected chi connectivity index (χ1v) is 2.90. The van der Waals surface area contributed by atoms with Crippen molar-refractivity contribution in [3.8, 4) is 0 Å². The number of aromatic nitrogens is 2. The van der Waals surface area contributed by atoms with Gasteiger partial charge in [0, 0.05) is 5.56 Å². The summed E-state index contributed by atoms with van der Waals surface area (Å²) in [5.41, 5.74) is 0.726. The largest absolute Gasteiger partial charge is 0.391 e. The van der Waals surface area contributed by atoms with Crippen molar-refractivity contribution < 1.29 is 5.11 Å². The third-order valence-corrected chi connectivity index (χ3v) is 1.18. The monoisotopic (exact) mass is 140 g/mol. The van der Waals surface area contributed by atoms with Gasteiger partial charge in [0.2, 0.25) is 0 Å². The molecule has 0 spiro atoms. The number of rotatable bonds is 1. The predicted molar refractivity (Wildman–Crippen MR) is 35.5 cm³/mol. The Hall–Kier alpha value is -1.16. The summed E-state index contributed by atoms with van der Waals surface area (Å²) in [6, 6.07) is 1.55. The molecule has 0 atom stereocenters. The number of aliphatic hydroxyl groups excluding tert-OH is 1. The van der Waals surface area contributed by atoms with Gasteiger partial charge in [-0.15, -0.1) is 0 Å². The predicted octanol–water partition coefficient (Wildman–Crippen LogP) is -0.429. The Bertz CT molecular complexity index is 279. The summed E-state index contributed by atoms with van der Waals surface area (Å²) in [6.45, 7) is 1.51. The summed E-state index contributed by atoms with van der Waals surface area (Å²) >= 11 is 0. The summed E-state index contributed by atoms with van der Waals surface area (Å²) in [5, 5.41) is 14.5. The molecule has 1 rings (SSSR count). The van der Waals surface area contributed by atoms with E-state index in [4.69, 9.17) is 5.11 Å². The molecule has 2 N–H and O–H groups in total. The van der Waals surface area contributed by atoms with Crippen molar-refractivity contribution in [3.05, 3.63) is 27.7 Å². The van der Waals surface area contributed by atoms with Gasteiger partial charge in [-0.3, -0.25) is 4.79 Å². The maximum absolute atomic E-state index is 10.7. The van der Waals surface area contributed by atoms with Crippen LogP contribution in [0.5, 0.6) is 0 Å². The van der Waals surface area contributed by atoms with Gasteiger partial charge < -0.3 is 5.11 Å². The fourth-order valence-corrected chi connectivity index (χ4v) is 0.678. The number of H-pyrrole nitrogens is 1. The van der Waals surface area contributed by atoms with E-state index >= 15 is 0 Å². The van der Waals surface area contributed by atoms with Crippen molar-refractivity contribution in [3.63, 3.8) is 0 Å². The molecule has 0 amide bonds. The van der Waals surface area contributed by atoms with Gasteiger partial charge in [-0.2, -0.15) is 5.10 Å². The van der Waals surface area contributed by atoms with Crippen LogP contribution in [-0.4, -0.2) is 15.3 Å². The molecule has 0 radical (unpaired) electrons. The molecule has 0 aliphatic rings. The Morgan fingerprint density at radius 3 is 3.00 bits per heavy atom. The SMILES string of the molecule is Cc1cc(CO)c(=O)[nH]n1. The lowest BCUT2D eigenvalue weighted by molar-refractivity contribution is 0.279. The highest BCUT2D eigenvalue weighted by Gasteiger charge is 1.96. The van der Waals surface area contributed by atoms with E-state index in [0.29, 0.717) is 11.3 Å². The highest BCUT2D eigenvalue weighted by atomic mass is 16.3. The minimum Gasteiger partial charge on any atom is -0.391 e. The Morgan fingerprint density at radius 2 is 2.50 bits per heavy atom. The maximum atomic E-state index is 10.7. The van der Waals surface area contributed by atoms with Crippen LogP contribution in [0.15, 0.2) is 10.9 Å². The number of aromatic amines is 1. The minimum atomic E-state index is -0.326. The van der Waals surface area contributed by atoms with Crippen LogP contribution >= 0.6 is 0 Å². The van der Waals surface area contributed by atoms with Gasteiger partial charge >= 0.3 is 0 Å². The fraction of sp³-hybridized carbons (Fsp3) is 0.333. The first-order valence-electron chi connectivity index (χ1n) is 2.90. The third kappa shape index (κ3) is 1.22. The highest BCUT2D eigenvalue weighted by Crippen LogP contribution is 1.91. The van der Waals surface area contributed by atoms with Crippen LogP contribution in [0.1, 0.15) is 11.3 Å². The number of nitrogens with zero attached hydrogens (tertiary/aromatic N) is 1. The summed E-state index contributed by atoms with van der Waals surface area (Å²) < 4.78 is 0. The quantitative estimate of drug-likeness (QED) is 0.556. The highest BCUT2D eigenvalue weighted by molar-refractivity contribution is 5.10. The normalized spacial score (nSPS) is 9.80. The van der Waals surface area contributed by atoms with Gasteiger partial charge in [-0.1, -0.05) is 0 Å². The van der Waals surface area contributed by atoms with E-state index in [0.717, 1.165) is 0 Å². The zero-order valence-corrected chi connectivity index (χ0v) is 5.59. The van der Waals surface area contributed by atoms with Crippen LogP contribution < -0.4 is 5.56 Å². The Balaban J connectivity index is 3.22. The zero-order valence-electron chi connectivity index (χ0n) is 5.59. The van der Waals surface area contributed by atoms with Gasteiger partial charge in [-0.05, 0) is 13.0 Å². The Kier molecular flexibility index (Phi) is 1.82. The number of hydrogen-bond donors (Lipinski definition) is 2. The minimum absolute atomic E-state index is 0.237. The van der Waals surface area contributed by atoms with E-state index in [2.05, 4.69) is 10.2 Å². The first kappa shape index (κ1) is 6.95. The van der Waals surface area contributed by atoms with E-state index in [1.54, 1.807) is 13.0 Å². The summed E-state index contributed by atoms with van der Waals surface area (Å²) in [6.07, 6.45) is 0. The van der Waals surface area contributed by atoms with Crippen molar-refractivity contribution in [1.82, 2.24) is 10.2 Å². The molecule has 0 fully saturated rings. The second kappa shape index (κ2) is 2.62. The van der Waals surface area contributed by atoms with Gasteiger partial charge in [0.25, 0.3) is 5.56 Å². The van der Waals surface area contributed by atoms with Crippen molar-refractivity contribution in [2.24, 2.45) is 0 Å². The van der Waals surface area contributed by atoms with Gasteiger partial charge in [-0.25, -0.2) is 5.10 Å². The van der Waals surface area contributed by atoms with Crippen molar-refractivity contribution in [1.29, 1.82) is 0 Å². The van der Waals surface area contributed by atoms with Gasteiger partial charge in [0.15, 0.2) is 0 Å². The molecule has 1 aromatic rings. The molecule has 0 aliphatic heterocycles. The van der Waals surface area contributed by atoms with Crippen LogP contribution in [0.3, 0.4) is 0 Å². The van der Waals surface area contributed by atoms with E-state index in [1.165, 1.54) is 0 Å². The molecule has 54 valence electrons. The van der Waals surface area contributed by atoms with Crippen molar-refractivity contribution in [2.45, 2.75) is 13.5 Å². The molecule has 0 aromatic carbocycles.